The number of halogens is 1. The molecule has 0 fully saturated rings. The number of imide groups is 1. The number of anilines is 1. The SMILES string of the molecule is O=C1C=CC(=O)N1c1ccccc1SCc1ccccc1Cl. The summed E-state index contributed by atoms with van der Waals surface area (Å²) in [5, 5.41) is 0.711. The maximum absolute atomic E-state index is 11.9. The monoisotopic (exact) mass is 329 g/mol. The van der Waals surface area contributed by atoms with E-state index < -0.39 is 0 Å². The van der Waals surface area contributed by atoms with Crippen molar-refractivity contribution in [1.29, 1.82) is 0 Å². The minimum absolute atomic E-state index is 0.309. The van der Waals surface area contributed by atoms with Crippen LogP contribution >= 0.6 is 23.4 Å². The van der Waals surface area contributed by atoms with Crippen molar-refractivity contribution in [3.8, 4) is 0 Å². The van der Waals surface area contributed by atoms with E-state index in [2.05, 4.69) is 0 Å². The van der Waals surface area contributed by atoms with E-state index in [1.54, 1.807) is 17.8 Å². The molecule has 110 valence electrons. The lowest BCUT2D eigenvalue weighted by molar-refractivity contribution is -0.120. The maximum atomic E-state index is 11.9. The second-order valence-electron chi connectivity index (χ2n) is 4.69. The Balaban J connectivity index is 1.85. The highest BCUT2D eigenvalue weighted by molar-refractivity contribution is 7.98. The highest BCUT2D eigenvalue weighted by atomic mass is 35.5. The number of thioether (sulfide) groups is 1. The van der Waals surface area contributed by atoms with E-state index in [1.807, 2.05) is 42.5 Å². The molecule has 1 heterocycles. The average Bonchev–Trinajstić information content (AvgIpc) is 2.86. The van der Waals surface area contributed by atoms with Gasteiger partial charge in [0.25, 0.3) is 11.8 Å². The van der Waals surface area contributed by atoms with E-state index in [0.29, 0.717) is 16.5 Å². The molecule has 3 nitrogen and oxygen atoms in total. The molecule has 0 N–H and O–H groups in total. The van der Waals surface area contributed by atoms with Gasteiger partial charge in [0.05, 0.1) is 5.69 Å². The first-order chi connectivity index (χ1) is 10.7. The molecule has 0 aliphatic carbocycles. The number of para-hydroxylation sites is 1. The first-order valence-corrected chi connectivity index (χ1v) is 8.04. The Hall–Kier alpha value is -2.04. The number of hydrogen-bond acceptors (Lipinski definition) is 3. The number of benzene rings is 2. The average molecular weight is 330 g/mol. The molecule has 0 saturated heterocycles. The smallest absolute Gasteiger partial charge is 0.258 e. The zero-order chi connectivity index (χ0) is 15.5. The summed E-state index contributed by atoms with van der Waals surface area (Å²) in [5.74, 6) is 0.0481. The van der Waals surface area contributed by atoms with E-state index in [4.69, 9.17) is 11.6 Å². The van der Waals surface area contributed by atoms with Crippen LogP contribution in [-0.2, 0) is 15.3 Å². The van der Waals surface area contributed by atoms with Gasteiger partial charge < -0.3 is 0 Å². The fraction of sp³-hybridized carbons (Fsp3) is 0.0588. The number of rotatable bonds is 4. The Labute approximate surface area is 137 Å². The lowest BCUT2D eigenvalue weighted by Crippen LogP contribution is -2.29. The van der Waals surface area contributed by atoms with Crippen molar-refractivity contribution in [3.63, 3.8) is 0 Å². The van der Waals surface area contributed by atoms with E-state index >= 15 is 0 Å². The van der Waals surface area contributed by atoms with Crippen LogP contribution in [0.2, 0.25) is 5.02 Å². The van der Waals surface area contributed by atoms with Crippen LogP contribution in [-0.4, -0.2) is 11.8 Å². The van der Waals surface area contributed by atoms with Crippen molar-refractivity contribution in [2.24, 2.45) is 0 Å². The highest BCUT2D eigenvalue weighted by Crippen LogP contribution is 2.34. The second kappa shape index (κ2) is 6.38. The number of carbonyl (C=O) groups is 2. The van der Waals surface area contributed by atoms with Gasteiger partial charge in [-0.25, -0.2) is 4.90 Å². The van der Waals surface area contributed by atoms with Crippen molar-refractivity contribution in [1.82, 2.24) is 0 Å². The highest BCUT2D eigenvalue weighted by Gasteiger charge is 2.27. The fourth-order valence-electron chi connectivity index (χ4n) is 2.17. The summed E-state index contributed by atoms with van der Waals surface area (Å²) in [7, 11) is 0. The summed E-state index contributed by atoms with van der Waals surface area (Å²) in [6.07, 6.45) is 2.58. The summed E-state index contributed by atoms with van der Waals surface area (Å²) in [5.41, 5.74) is 1.63. The molecule has 5 heteroatoms. The fourth-order valence-corrected chi connectivity index (χ4v) is 3.50. The Kier molecular flexibility index (Phi) is 4.32. The van der Waals surface area contributed by atoms with Gasteiger partial charge in [-0.05, 0) is 23.8 Å². The van der Waals surface area contributed by atoms with Crippen LogP contribution in [0, 0.1) is 0 Å². The number of hydrogen-bond donors (Lipinski definition) is 0. The first kappa shape index (κ1) is 14.9. The largest absolute Gasteiger partial charge is 0.269 e. The number of nitrogens with zero attached hydrogens (tertiary/aromatic N) is 1. The van der Waals surface area contributed by atoms with Gasteiger partial charge in [-0.15, -0.1) is 11.8 Å². The molecule has 1 aliphatic heterocycles. The van der Waals surface area contributed by atoms with E-state index in [9.17, 15) is 9.59 Å². The van der Waals surface area contributed by atoms with Crippen molar-refractivity contribution in [3.05, 3.63) is 71.3 Å². The zero-order valence-electron chi connectivity index (χ0n) is 11.5. The summed E-state index contributed by atoms with van der Waals surface area (Å²) in [6, 6.07) is 15.0. The Morgan fingerprint density at radius 1 is 0.909 bits per heavy atom. The topological polar surface area (TPSA) is 37.4 Å². The second-order valence-corrected chi connectivity index (χ2v) is 6.12. The summed E-state index contributed by atoms with van der Waals surface area (Å²) in [4.78, 5) is 25.8. The van der Waals surface area contributed by atoms with Crippen molar-refractivity contribution >= 4 is 40.9 Å². The van der Waals surface area contributed by atoms with Crippen molar-refractivity contribution < 1.29 is 9.59 Å². The van der Waals surface area contributed by atoms with Gasteiger partial charge in [0.1, 0.15) is 0 Å². The summed E-state index contributed by atoms with van der Waals surface area (Å²) in [6.45, 7) is 0. The molecule has 22 heavy (non-hydrogen) atoms. The van der Waals surface area contributed by atoms with Gasteiger partial charge in [-0.1, -0.05) is 41.9 Å². The lowest BCUT2D eigenvalue weighted by Gasteiger charge is -2.17. The van der Waals surface area contributed by atoms with E-state index in [0.717, 1.165) is 10.5 Å². The molecule has 0 unspecified atom stereocenters. The van der Waals surface area contributed by atoms with Gasteiger partial charge in [-0.2, -0.15) is 0 Å². The van der Waals surface area contributed by atoms with E-state index in [1.165, 1.54) is 17.1 Å². The molecule has 0 bridgehead atoms. The van der Waals surface area contributed by atoms with Crippen LogP contribution in [0.15, 0.2) is 65.6 Å². The predicted molar refractivity (Wildman–Crippen MR) is 89.1 cm³/mol. The number of amides is 2. The molecule has 0 aromatic heterocycles. The predicted octanol–water partition coefficient (Wildman–Crippen LogP) is 4.06. The molecule has 0 atom stereocenters. The van der Waals surface area contributed by atoms with Crippen LogP contribution < -0.4 is 4.90 Å². The van der Waals surface area contributed by atoms with Gasteiger partial charge in [-0.3, -0.25) is 9.59 Å². The van der Waals surface area contributed by atoms with Crippen LogP contribution in [0.25, 0.3) is 0 Å². The number of carbonyl (C=O) groups excluding carboxylic acids is 2. The van der Waals surface area contributed by atoms with E-state index in [-0.39, 0.29) is 11.8 Å². The molecular weight excluding hydrogens is 318 g/mol. The first-order valence-electron chi connectivity index (χ1n) is 6.68. The van der Waals surface area contributed by atoms with Gasteiger partial charge in [0.2, 0.25) is 0 Å². The molecule has 1 aliphatic rings. The summed E-state index contributed by atoms with van der Waals surface area (Å²) < 4.78 is 0. The molecule has 2 aromatic rings. The Morgan fingerprint density at radius 3 is 2.27 bits per heavy atom. The third-order valence-corrected chi connectivity index (χ3v) is 4.74. The molecular formula is C17H12ClNO2S. The van der Waals surface area contributed by atoms with Crippen LogP contribution in [0.3, 0.4) is 0 Å². The Morgan fingerprint density at radius 2 is 1.55 bits per heavy atom. The molecule has 2 amide bonds. The molecule has 2 aromatic carbocycles. The molecule has 0 radical (unpaired) electrons. The molecule has 0 spiro atoms. The van der Waals surface area contributed by atoms with Crippen molar-refractivity contribution in [2.45, 2.75) is 10.6 Å². The third-order valence-electron chi connectivity index (χ3n) is 3.26. The summed E-state index contributed by atoms with van der Waals surface area (Å²) >= 11 is 7.71. The van der Waals surface area contributed by atoms with Crippen LogP contribution in [0.5, 0.6) is 0 Å². The van der Waals surface area contributed by atoms with Gasteiger partial charge >= 0.3 is 0 Å². The standard InChI is InChI=1S/C17H12ClNO2S/c18-13-6-2-1-5-12(13)11-22-15-8-4-3-7-14(15)19-16(20)9-10-17(19)21/h1-10H,11H2. The normalized spacial score (nSPS) is 14.0. The van der Waals surface area contributed by atoms with Crippen LogP contribution in [0.4, 0.5) is 5.69 Å². The van der Waals surface area contributed by atoms with Crippen molar-refractivity contribution in [2.75, 3.05) is 4.90 Å². The van der Waals surface area contributed by atoms with Gasteiger partial charge in [0.15, 0.2) is 0 Å². The third kappa shape index (κ3) is 2.93. The minimum Gasteiger partial charge on any atom is -0.269 e. The van der Waals surface area contributed by atoms with Crippen LogP contribution in [0.1, 0.15) is 5.56 Å². The minimum atomic E-state index is -0.309. The molecule has 3 rings (SSSR count). The van der Waals surface area contributed by atoms with Gasteiger partial charge in [0, 0.05) is 27.8 Å². The Bertz CT molecular complexity index is 755. The maximum Gasteiger partial charge on any atom is 0.258 e. The quantitative estimate of drug-likeness (QED) is 0.627. The zero-order valence-corrected chi connectivity index (χ0v) is 13.1. The molecule has 0 saturated carbocycles. The lowest BCUT2D eigenvalue weighted by atomic mass is 10.2.